The zero-order chi connectivity index (χ0) is 9.80. The second kappa shape index (κ2) is 4.52. The van der Waals surface area contributed by atoms with Gasteiger partial charge in [-0.1, -0.05) is 5.16 Å². The number of hydrogen-bond acceptors (Lipinski definition) is 5. The van der Waals surface area contributed by atoms with Crippen molar-refractivity contribution in [2.24, 2.45) is 0 Å². The van der Waals surface area contributed by atoms with E-state index in [2.05, 4.69) is 15.5 Å². The fraction of sp³-hybridized carbons (Fsp3) is 0.778. The van der Waals surface area contributed by atoms with E-state index in [0.29, 0.717) is 24.4 Å². The van der Waals surface area contributed by atoms with Crippen molar-refractivity contribution in [1.29, 1.82) is 0 Å². The van der Waals surface area contributed by atoms with Gasteiger partial charge in [0.2, 0.25) is 0 Å². The predicted molar refractivity (Wildman–Crippen MR) is 49.7 cm³/mol. The van der Waals surface area contributed by atoms with Crippen molar-refractivity contribution >= 4 is 0 Å². The molecule has 0 atom stereocenters. The van der Waals surface area contributed by atoms with Crippen LogP contribution in [0.5, 0.6) is 0 Å². The molecule has 78 valence electrons. The van der Waals surface area contributed by atoms with Gasteiger partial charge in [-0.2, -0.15) is 4.98 Å². The number of nitrogens with one attached hydrogen (secondary N) is 1. The van der Waals surface area contributed by atoms with Gasteiger partial charge in [-0.3, -0.25) is 0 Å². The molecule has 5 nitrogen and oxygen atoms in total. The number of rotatable bonds is 3. The number of ether oxygens (including phenoxy) is 1. The van der Waals surface area contributed by atoms with Crippen LogP contribution in [0.1, 0.15) is 24.6 Å². The van der Waals surface area contributed by atoms with E-state index in [1.165, 1.54) is 0 Å². The molecule has 0 saturated carbocycles. The number of nitrogens with zero attached hydrogens (tertiary/aromatic N) is 2. The Morgan fingerprint density at radius 1 is 1.50 bits per heavy atom. The lowest BCUT2D eigenvalue weighted by molar-refractivity contribution is 0.00859. The highest BCUT2D eigenvalue weighted by Gasteiger charge is 2.14. The molecule has 1 fully saturated rings. The van der Waals surface area contributed by atoms with Crippen LogP contribution in [0.25, 0.3) is 0 Å². The Bertz CT molecular complexity index is 281. The molecule has 0 radical (unpaired) electrons. The summed E-state index contributed by atoms with van der Waals surface area (Å²) in [5.41, 5.74) is 0. The monoisotopic (exact) mass is 197 g/mol. The van der Waals surface area contributed by atoms with Crippen LogP contribution >= 0.6 is 0 Å². The van der Waals surface area contributed by atoms with Crippen LogP contribution in [0.4, 0.5) is 0 Å². The van der Waals surface area contributed by atoms with Crippen molar-refractivity contribution in [2.75, 3.05) is 13.1 Å². The van der Waals surface area contributed by atoms with E-state index in [4.69, 9.17) is 9.26 Å². The van der Waals surface area contributed by atoms with Crippen molar-refractivity contribution < 1.29 is 9.26 Å². The Morgan fingerprint density at radius 3 is 2.93 bits per heavy atom. The minimum Gasteiger partial charge on any atom is -0.368 e. The second-order valence-corrected chi connectivity index (χ2v) is 3.50. The Hall–Kier alpha value is -0.940. The first-order valence-electron chi connectivity index (χ1n) is 4.96. The van der Waals surface area contributed by atoms with E-state index in [-0.39, 0.29) is 0 Å². The smallest absolute Gasteiger partial charge is 0.252 e. The van der Waals surface area contributed by atoms with E-state index in [9.17, 15) is 0 Å². The quantitative estimate of drug-likeness (QED) is 0.770. The van der Waals surface area contributed by atoms with Crippen molar-refractivity contribution in [3.8, 4) is 0 Å². The fourth-order valence-electron chi connectivity index (χ4n) is 1.55. The lowest BCUT2D eigenvalue weighted by atomic mass is 10.1. The molecule has 0 aromatic carbocycles. The van der Waals surface area contributed by atoms with Crippen molar-refractivity contribution in [1.82, 2.24) is 15.5 Å². The summed E-state index contributed by atoms with van der Waals surface area (Å²) in [6, 6.07) is 0. The van der Waals surface area contributed by atoms with Crippen LogP contribution in [-0.4, -0.2) is 29.3 Å². The molecule has 2 rings (SSSR count). The maximum absolute atomic E-state index is 5.65. The minimum absolute atomic E-state index is 0.337. The molecule has 0 unspecified atom stereocenters. The van der Waals surface area contributed by atoms with Crippen LogP contribution in [0.15, 0.2) is 4.52 Å². The van der Waals surface area contributed by atoms with E-state index >= 15 is 0 Å². The fourth-order valence-corrected chi connectivity index (χ4v) is 1.55. The number of hydrogen-bond donors (Lipinski definition) is 1. The summed E-state index contributed by atoms with van der Waals surface area (Å²) in [5.74, 6) is 1.23. The molecule has 1 aromatic rings. The number of aromatic nitrogens is 2. The van der Waals surface area contributed by atoms with Crippen LogP contribution in [0, 0.1) is 6.92 Å². The van der Waals surface area contributed by atoms with Gasteiger partial charge in [0.1, 0.15) is 6.61 Å². The van der Waals surface area contributed by atoms with Gasteiger partial charge in [0.25, 0.3) is 5.89 Å². The normalized spacial score (nSPS) is 18.6. The molecule has 1 saturated heterocycles. The molecule has 1 N–H and O–H groups in total. The van der Waals surface area contributed by atoms with Gasteiger partial charge in [0, 0.05) is 0 Å². The molecule has 2 heterocycles. The lowest BCUT2D eigenvalue weighted by Gasteiger charge is -2.21. The zero-order valence-corrected chi connectivity index (χ0v) is 8.32. The SMILES string of the molecule is Cc1noc(COC2CCNCC2)n1. The Morgan fingerprint density at radius 2 is 2.29 bits per heavy atom. The van der Waals surface area contributed by atoms with Crippen LogP contribution in [0.3, 0.4) is 0 Å². The van der Waals surface area contributed by atoms with Gasteiger partial charge >= 0.3 is 0 Å². The highest BCUT2D eigenvalue weighted by Crippen LogP contribution is 2.09. The third kappa shape index (κ3) is 2.52. The van der Waals surface area contributed by atoms with Gasteiger partial charge in [0.05, 0.1) is 6.10 Å². The molecule has 1 aliphatic rings. The van der Waals surface area contributed by atoms with Crippen LogP contribution in [-0.2, 0) is 11.3 Å². The van der Waals surface area contributed by atoms with Crippen molar-refractivity contribution in [3.05, 3.63) is 11.7 Å². The first-order chi connectivity index (χ1) is 6.84. The average Bonchev–Trinajstić information content (AvgIpc) is 2.63. The van der Waals surface area contributed by atoms with Crippen molar-refractivity contribution in [2.45, 2.75) is 32.5 Å². The minimum atomic E-state index is 0.337. The van der Waals surface area contributed by atoms with Gasteiger partial charge in [-0.15, -0.1) is 0 Å². The lowest BCUT2D eigenvalue weighted by Crippen LogP contribution is -2.32. The summed E-state index contributed by atoms with van der Waals surface area (Å²) >= 11 is 0. The molecule has 0 amide bonds. The standard InChI is InChI=1S/C9H15N3O2/c1-7-11-9(14-12-7)6-13-8-2-4-10-5-3-8/h8,10H,2-6H2,1H3. The largest absolute Gasteiger partial charge is 0.368 e. The van der Waals surface area contributed by atoms with E-state index in [1.54, 1.807) is 6.92 Å². The summed E-state index contributed by atoms with van der Waals surface area (Å²) in [4.78, 5) is 4.08. The summed E-state index contributed by atoms with van der Waals surface area (Å²) in [6.07, 6.45) is 2.46. The molecular formula is C9H15N3O2. The summed E-state index contributed by atoms with van der Waals surface area (Å²) in [5, 5.41) is 6.99. The van der Waals surface area contributed by atoms with Gasteiger partial charge in [-0.05, 0) is 32.9 Å². The molecular weight excluding hydrogens is 182 g/mol. The topological polar surface area (TPSA) is 60.2 Å². The summed E-state index contributed by atoms with van der Waals surface area (Å²) < 4.78 is 10.6. The highest BCUT2D eigenvalue weighted by atomic mass is 16.5. The molecule has 1 aromatic heterocycles. The average molecular weight is 197 g/mol. The molecule has 5 heteroatoms. The van der Waals surface area contributed by atoms with Gasteiger partial charge < -0.3 is 14.6 Å². The van der Waals surface area contributed by atoms with Gasteiger partial charge in [0.15, 0.2) is 5.82 Å². The first kappa shape index (κ1) is 9.61. The number of piperidine rings is 1. The van der Waals surface area contributed by atoms with Crippen LogP contribution in [0.2, 0.25) is 0 Å². The molecule has 0 bridgehead atoms. The van der Waals surface area contributed by atoms with E-state index in [1.807, 2.05) is 0 Å². The van der Waals surface area contributed by atoms with E-state index < -0.39 is 0 Å². The first-order valence-corrected chi connectivity index (χ1v) is 4.96. The van der Waals surface area contributed by atoms with E-state index in [0.717, 1.165) is 25.9 Å². The second-order valence-electron chi connectivity index (χ2n) is 3.50. The Kier molecular flexibility index (Phi) is 3.10. The maximum atomic E-state index is 5.65. The predicted octanol–water partition coefficient (Wildman–Crippen LogP) is 0.647. The third-order valence-electron chi connectivity index (χ3n) is 2.30. The summed E-state index contributed by atoms with van der Waals surface area (Å²) in [6.45, 7) is 4.31. The van der Waals surface area contributed by atoms with Crippen molar-refractivity contribution in [3.63, 3.8) is 0 Å². The summed E-state index contributed by atoms with van der Waals surface area (Å²) in [7, 11) is 0. The van der Waals surface area contributed by atoms with Crippen LogP contribution < -0.4 is 5.32 Å². The maximum Gasteiger partial charge on any atom is 0.252 e. The third-order valence-corrected chi connectivity index (χ3v) is 2.30. The van der Waals surface area contributed by atoms with Gasteiger partial charge in [-0.25, -0.2) is 0 Å². The molecule has 0 spiro atoms. The molecule has 0 aliphatic carbocycles. The number of aryl methyl sites for hydroxylation is 1. The zero-order valence-electron chi connectivity index (χ0n) is 8.32. The molecule has 1 aliphatic heterocycles. The Balaban J connectivity index is 1.76. The Labute approximate surface area is 82.8 Å². The highest BCUT2D eigenvalue weighted by molar-refractivity contribution is 4.80. The molecule has 14 heavy (non-hydrogen) atoms.